The molecule has 43 heavy (non-hydrogen) atoms. The van der Waals surface area contributed by atoms with Crippen LogP contribution in [0.15, 0.2) is 79.0 Å². The van der Waals surface area contributed by atoms with Crippen LogP contribution < -0.4 is 10.6 Å². The van der Waals surface area contributed by atoms with Gasteiger partial charge < -0.3 is 10.6 Å². The van der Waals surface area contributed by atoms with Crippen molar-refractivity contribution < 1.29 is 17.6 Å². The van der Waals surface area contributed by atoms with Gasteiger partial charge in [-0.25, -0.2) is 4.39 Å². The van der Waals surface area contributed by atoms with Crippen molar-refractivity contribution in [3.63, 3.8) is 0 Å². The number of rotatable bonds is 10. The second-order valence-corrected chi connectivity index (χ2v) is 11.6. The minimum absolute atomic E-state index is 0.129. The molecule has 1 atom stereocenters. The predicted octanol–water partition coefficient (Wildman–Crippen LogP) is 9.34. The van der Waals surface area contributed by atoms with Crippen molar-refractivity contribution in [3.05, 3.63) is 124 Å². The summed E-state index contributed by atoms with van der Waals surface area (Å²) < 4.78 is 54.4. The van der Waals surface area contributed by atoms with Gasteiger partial charge in [0.1, 0.15) is 5.82 Å². The van der Waals surface area contributed by atoms with Gasteiger partial charge in [-0.2, -0.15) is 13.2 Å². The summed E-state index contributed by atoms with van der Waals surface area (Å²) in [5.74, 6) is -0.327. The Morgan fingerprint density at radius 2 is 1.65 bits per heavy atom. The van der Waals surface area contributed by atoms with Crippen LogP contribution in [0.1, 0.15) is 65.6 Å². The highest BCUT2D eigenvalue weighted by Crippen LogP contribution is 2.45. The van der Waals surface area contributed by atoms with Gasteiger partial charge in [0.2, 0.25) is 0 Å². The lowest BCUT2D eigenvalue weighted by atomic mass is 9.86. The van der Waals surface area contributed by atoms with Crippen LogP contribution in [-0.2, 0) is 19.3 Å². The van der Waals surface area contributed by atoms with Gasteiger partial charge in [0.15, 0.2) is 0 Å². The van der Waals surface area contributed by atoms with E-state index in [-0.39, 0.29) is 18.3 Å². The number of hydrogen-bond donors (Lipinski definition) is 2. The maximum Gasteiger partial charge on any atom is 0.389 e. The van der Waals surface area contributed by atoms with Gasteiger partial charge in [0, 0.05) is 36.0 Å². The molecule has 6 heteroatoms. The zero-order valence-electron chi connectivity index (χ0n) is 25.2. The number of fused-ring (bicyclic) bond motifs is 1. The molecule has 0 fully saturated rings. The maximum absolute atomic E-state index is 13.8. The van der Waals surface area contributed by atoms with E-state index < -0.39 is 12.6 Å². The fourth-order valence-corrected chi connectivity index (χ4v) is 6.18. The number of benzene rings is 3. The van der Waals surface area contributed by atoms with Crippen LogP contribution in [0.5, 0.6) is 0 Å². The van der Waals surface area contributed by atoms with Crippen molar-refractivity contribution in [2.45, 2.75) is 65.1 Å². The molecule has 0 saturated carbocycles. The van der Waals surface area contributed by atoms with Crippen LogP contribution >= 0.6 is 0 Å². The fourth-order valence-electron chi connectivity index (χ4n) is 6.18. The molecule has 0 amide bonds. The molecule has 224 valence electrons. The van der Waals surface area contributed by atoms with Crippen LogP contribution in [0.3, 0.4) is 0 Å². The SMILES string of the molecule is C=C(NC)C1=C(c2ccc(F)cc2)Cc2cc(CCC(F)(F)F)c(-c3cc(C(=C)NC4CC=C4C)c(CC)cc3C)cc21. The third-order valence-corrected chi connectivity index (χ3v) is 8.76. The van der Waals surface area contributed by atoms with Crippen LogP contribution in [0.2, 0.25) is 0 Å². The summed E-state index contributed by atoms with van der Waals surface area (Å²) in [6.45, 7) is 14.8. The minimum Gasteiger partial charge on any atom is -0.388 e. The largest absolute Gasteiger partial charge is 0.389 e. The van der Waals surface area contributed by atoms with E-state index in [9.17, 15) is 17.6 Å². The van der Waals surface area contributed by atoms with Gasteiger partial charge in [-0.15, -0.1) is 0 Å². The summed E-state index contributed by atoms with van der Waals surface area (Å²) in [6, 6.07) is 14.8. The Hall–Kier alpha value is -4.06. The standard InChI is InChI=1S/C37H38F4N2/c1-7-25-16-22(3)30(19-31(25)23(4)43-35-13-8-21(35)2)32-20-34-28(17-27(32)14-15-37(39,40)41)18-33(36(34)24(5)42-6)26-9-11-29(38)12-10-26/h8-12,16-17,19-20,35,42-43H,4-5,7,13-15,18H2,1-3,6H3. The van der Waals surface area contributed by atoms with E-state index >= 15 is 0 Å². The second kappa shape index (κ2) is 11.9. The molecule has 2 aliphatic rings. The Labute approximate surface area is 251 Å². The van der Waals surface area contributed by atoms with E-state index in [2.05, 4.69) is 55.8 Å². The molecule has 2 N–H and O–H groups in total. The van der Waals surface area contributed by atoms with Crippen molar-refractivity contribution in [3.8, 4) is 11.1 Å². The third kappa shape index (κ3) is 6.20. The first kappa shape index (κ1) is 30.4. The van der Waals surface area contributed by atoms with E-state index in [1.807, 2.05) is 19.1 Å². The third-order valence-electron chi connectivity index (χ3n) is 8.76. The predicted molar refractivity (Wildman–Crippen MR) is 170 cm³/mol. The summed E-state index contributed by atoms with van der Waals surface area (Å²) in [7, 11) is 1.80. The number of alkyl halides is 3. The van der Waals surface area contributed by atoms with E-state index in [0.29, 0.717) is 17.7 Å². The van der Waals surface area contributed by atoms with Crippen molar-refractivity contribution in [2.24, 2.45) is 0 Å². The zero-order chi connectivity index (χ0) is 31.1. The molecule has 0 heterocycles. The Morgan fingerprint density at radius 1 is 0.930 bits per heavy atom. The first-order chi connectivity index (χ1) is 20.4. The maximum atomic E-state index is 13.8. The molecule has 1 unspecified atom stereocenters. The number of hydrogen-bond acceptors (Lipinski definition) is 2. The molecule has 3 aromatic carbocycles. The summed E-state index contributed by atoms with van der Waals surface area (Å²) in [4.78, 5) is 0. The van der Waals surface area contributed by atoms with E-state index in [4.69, 9.17) is 0 Å². The molecule has 2 aliphatic carbocycles. The summed E-state index contributed by atoms with van der Waals surface area (Å²) in [5.41, 5.74) is 12.8. The van der Waals surface area contributed by atoms with Gasteiger partial charge in [-0.1, -0.05) is 56.0 Å². The highest BCUT2D eigenvalue weighted by atomic mass is 19.4. The molecule has 0 aromatic heterocycles. The molecule has 0 radical (unpaired) electrons. The van der Waals surface area contributed by atoms with E-state index in [1.54, 1.807) is 19.2 Å². The molecular weight excluding hydrogens is 548 g/mol. The normalized spacial score (nSPS) is 16.0. The second-order valence-electron chi connectivity index (χ2n) is 11.6. The van der Waals surface area contributed by atoms with Crippen molar-refractivity contribution >= 4 is 16.8 Å². The van der Waals surface area contributed by atoms with Gasteiger partial charge in [-0.05, 0) is 114 Å². The lowest BCUT2D eigenvalue weighted by Gasteiger charge is -2.29. The molecule has 0 saturated heterocycles. The highest BCUT2D eigenvalue weighted by Gasteiger charge is 2.30. The minimum atomic E-state index is -4.28. The van der Waals surface area contributed by atoms with Crippen molar-refractivity contribution in [2.75, 3.05) is 7.05 Å². The Morgan fingerprint density at radius 3 is 2.23 bits per heavy atom. The topological polar surface area (TPSA) is 24.1 Å². The summed E-state index contributed by atoms with van der Waals surface area (Å²) in [5, 5.41) is 6.71. The number of nitrogens with one attached hydrogen (secondary N) is 2. The Bertz CT molecular complexity index is 1660. The van der Waals surface area contributed by atoms with Crippen LogP contribution in [-0.4, -0.2) is 19.3 Å². The number of halogens is 4. The van der Waals surface area contributed by atoms with Gasteiger partial charge in [0.05, 0.1) is 6.04 Å². The molecule has 2 nitrogen and oxygen atoms in total. The Kier molecular flexibility index (Phi) is 8.42. The van der Waals surface area contributed by atoms with E-state index in [1.165, 1.54) is 17.7 Å². The summed E-state index contributed by atoms with van der Waals surface area (Å²) in [6.07, 6.45) is -0.865. The molecule has 0 spiro atoms. The quantitative estimate of drug-likeness (QED) is 0.183. The molecular formula is C37H38F4N2. The molecule has 0 aliphatic heterocycles. The highest BCUT2D eigenvalue weighted by molar-refractivity contribution is 6.04. The van der Waals surface area contributed by atoms with Crippen LogP contribution in [0.25, 0.3) is 28.0 Å². The van der Waals surface area contributed by atoms with E-state index in [0.717, 1.165) is 74.2 Å². The molecule has 3 aromatic rings. The first-order valence-corrected chi connectivity index (χ1v) is 14.8. The average Bonchev–Trinajstić information content (AvgIpc) is 3.35. The zero-order valence-corrected chi connectivity index (χ0v) is 25.2. The number of allylic oxidation sites excluding steroid dienone is 2. The monoisotopic (exact) mass is 586 g/mol. The number of aryl methyl sites for hydroxylation is 3. The van der Waals surface area contributed by atoms with Gasteiger partial charge in [-0.3, -0.25) is 0 Å². The lowest BCUT2D eigenvalue weighted by Crippen LogP contribution is -2.33. The van der Waals surface area contributed by atoms with Crippen LogP contribution in [0.4, 0.5) is 17.6 Å². The lowest BCUT2D eigenvalue weighted by molar-refractivity contribution is -0.133. The Balaban J connectivity index is 1.68. The van der Waals surface area contributed by atoms with Crippen molar-refractivity contribution in [1.82, 2.24) is 10.6 Å². The first-order valence-electron chi connectivity index (χ1n) is 14.8. The number of likely N-dealkylation sites (N-methyl/N-ethyl adjacent to an activating group) is 1. The summed E-state index contributed by atoms with van der Waals surface area (Å²) >= 11 is 0. The van der Waals surface area contributed by atoms with Crippen molar-refractivity contribution in [1.29, 1.82) is 0 Å². The van der Waals surface area contributed by atoms with Gasteiger partial charge >= 0.3 is 6.18 Å². The molecule has 0 bridgehead atoms. The fraction of sp³-hybridized carbons (Fsp3) is 0.297. The smallest absolute Gasteiger partial charge is 0.388 e. The average molecular weight is 587 g/mol. The molecule has 5 rings (SSSR count). The van der Waals surface area contributed by atoms with Gasteiger partial charge in [0.25, 0.3) is 0 Å². The van der Waals surface area contributed by atoms with Crippen LogP contribution in [0, 0.1) is 12.7 Å².